The molecule has 3 nitrogen and oxygen atoms in total. The molecule has 0 spiro atoms. The Morgan fingerprint density at radius 3 is 2.55 bits per heavy atom. The summed E-state index contributed by atoms with van der Waals surface area (Å²) in [4.78, 5) is 11.4. The van der Waals surface area contributed by atoms with Gasteiger partial charge in [-0.1, -0.05) is 24.3 Å². The summed E-state index contributed by atoms with van der Waals surface area (Å²) in [6.07, 6.45) is -4.36. The third-order valence-corrected chi connectivity index (χ3v) is 3.05. The monoisotopic (exact) mass is 309 g/mol. The van der Waals surface area contributed by atoms with E-state index in [2.05, 4.69) is 10.1 Å². The molecule has 0 atom stereocenters. The Kier molecular flexibility index (Phi) is 4.70. The van der Waals surface area contributed by atoms with Crippen molar-refractivity contribution in [1.82, 2.24) is 0 Å². The number of benzene rings is 2. The number of para-hydroxylation sites is 1. The van der Waals surface area contributed by atoms with Gasteiger partial charge in [0.2, 0.25) is 0 Å². The summed E-state index contributed by atoms with van der Waals surface area (Å²) in [5.74, 6) is -0.418. The number of ether oxygens (including phenoxy) is 1. The highest BCUT2D eigenvalue weighted by atomic mass is 19.4. The molecule has 2 rings (SSSR count). The number of esters is 1. The minimum absolute atomic E-state index is 0.0403. The van der Waals surface area contributed by atoms with E-state index in [4.69, 9.17) is 0 Å². The highest BCUT2D eigenvalue weighted by Gasteiger charge is 2.30. The average Bonchev–Trinajstić information content (AvgIpc) is 2.48. The molecule has 2 aromatic carbocycles. The van der Waals surface area contributed by atoms with Gasteiger partial charge in [-0.25, -0.2) is 0 Å². The molecule has 0 aromatic heterocycles. The predicted molar refractivity (Wildman–Crippen MR) is 76.9 cm³/mol. The van der Waals surface area contributed by atoms with E-state index in [-0.39, 0.29) is 6.42 Å². The standard InChI is InChI=1S/C16H14F3NO2/c1-22-15(21)9-11-5-2-3-8-14(11)20-13-7-4-6-12(10-13)16(17,18)19/h2-8,10,20H,9H2,1H3. The van der Waals surface area contributed by atoms with Crippen molar-refractivity contribution in [3.63, 3.8) is 0 Å². The number of nitrogens with one attached hydrogen (secondary N) is 1. The molecule has 2 aromatic rings. The van der Waals surface area contributed by atoms with Crippen LogP contribution in [0.3, 0.4) is 0 Å². The zero-order valence-electron chi connectivity index (χ0n) is 11.8. The molecule has 1 N–H and O–H groups in total. The van der Waals surface area contributed by atoms with Crippen molar-refractivity contribution in [2.75, 3.05) is 12.4 Å². The first-order chi connectivity index (χ1) is 10.4. The molecule has 0 bridgehead atoms. The van der Waals surface area contributed by atoms with E-state index < -0.39 is 17.7 Å². The molecule has 0 fully saturated rings. The van der Waals surface area contributed by atoms with Gasteiger partial charge in [-0.2, -0.15) is 13.2 Å². The number of carbonyl (C=O) groups is 1. The van der Waals surface area contributed by atoms with Crippen molar-refractivity contribution < 1.29 is 22.7 Å². The lowest BCUT2D eigenvalue weighted by Crippen LogP contribution is -2.07. The van der Waals surface area contributed by atoms with Gasteiger partial charge in [0.15, 0.2) is 0 Å². The van der Waals surface area contributed by atoms with Gasteiger partial charge in [0.05, 0.1) is 19.1 Å². The van der Waals surface area contributed by atoms with Crippen LogP contribution in [0.1, 0.15) is 11.1 Å². The highest BCUT2D eigenvalue weighted by molar-refractivity contribution is 5.76. The minimum Gasteiger partial charge on any atom is -0.469 e. The minimum atomic E-state index is -4.40. The third kappa shape index (κ3) is 4.00. The van der Waals surface area contributed by atoms with E-state index in [1.165, 1.54) is 19.2 Å². The Bertz CT molecular complexity index is 668. The van der Waals surface area contributed by atoms with Crippen molar-refractivity contribution in [2.45, 2.75) is 12.6 Å². The number of alkyl halides is 3. The molecule has 0 amide bonds. The Labute approximate surface area is 125 Å². The van der Waals surface area contributed by atoms with E-state index >= 15 is 0 Å². The predicted octanol–water partition coefficient (Wildman–Crippen LogP) is 4.16. The maximum Gasteiger partial charge on any atom is 0.416 e. The zero-order chi connectivity index (χ0) is 16.2. The molecule has 116 valence electrons. The molecule has 0 saturated heterocycles. The number of anilines is 2. The number of methoxy groups -OCH3 is 1. The first-order valence-electron chi connectivity index (χ1n) is 6.49. The Hall–Kier alpha value is -2.50. The first-order valence-corrected chi connectivity index (χ1v) is 6.49. The van der Waals surface area contributed by atoms with Crippen molar-refractivity contribution in [2.24, 2.45) is 0 Å². The second kappa shape index (κ2) is 6.51. The SMILES string of the molecule is COC(=O)Cc1ccccc1Nc1cccc(C(F)(F)F)c1. The number of rotatable bonds is 4. The molecule has 0 unspecified atom stereocenters. The second-order valence-corrected chi connectivity index (χ2v) is 4.61. The molecular formula is C16H14F3NO2. The number of hydrogen-bond donors (Lipinski definition) is 1. The van der Waals surface area contributed by atoms with Crippen molar-refractivity contribution >= 4 is 17.3 Å². The Morgan fingerprint density at radius 2 is 1.86 bits per heavy atom. The van der Waals surface area contributed by atoms with Gasteiger partial charge in [-0.15, -0.1) is 0 Å². The molecule has 0 heterocycles. The normalized spacial score (nSPS) is 11.1. The average molecular weight is 309 g/mol. The van der Waals surface area contributed by atoms with Crippen LogP contribution in [-0.4, -0.2) is 13.1 Å². The molecular weight excluding hydrogens is 295 g/mol. The van der Waals surface area contributed by atoms with Crippen LogP contribution in [0.15, 0.2) is 48.5 Å². The van der Waals surface area contributed by atoms with E-state index in [0.717, 1.165) is 12.1 Å². The van der Waals surface area contributed by atoms with Crippen LogP contribution in [0.2, 0.25) is 0 Å². The van der Waals surface area contributed by atoms with Crippen LogP contribution in [0.5, 0.6) is 0 Å². The van der Waals surface area contributed by atoms with Gasteiger partial charge < -0.3 is 10.1 Å². The Morgan fingerprint density at radius 1 is 1.14 bits per heavy atom. The maximum atomic E-state index is 12.7. The summed E-state index contributed by atoms with van der Waals surface area (Å²) in [7, 11) is 1.28. The highest BCUT2D eigenvalue weighted by Crippen LogP contribution is 2.31. The smallest absolute Gasteiger partial charge is 0.416 e. The van der Waals surface area contributed by atoms with Gasteiger partial charge in [-0.05, 0) is 29.8 Å². The lowest BCUT2D eigenvalue weighted by Gasteiger charge is -2.13. The Balaban J connectivity index is 2.26. The third-order valence-electron chi connectivity index (χ3n) is 3.05. The molecule has 0 aliphatic carbocycles. The molecule has 0 radical (unpaired) electrons. The van der Waals surface area contributed by atoms with Gasteiger partial charge in [-0.3, -0.25) is 4.79 Å². The van der Waals surface area contributed by atoms with Crippen LogP contribution in [0.4, 0.5) is 24.5 Å². The van der Waals surface area contributed by atoms with Crippen molar-refractivity contribution in [3.05, 3.63) is 59.7 Å². The van der Waals surface area contributed by atoms with Gasteiger partial charge in [0, 0.05) is 11.4 Å². The number of halogens is 3. The topological polar surface area (TPSA) is 38.3 Å². The lowest BCUT2D eigenvalue weighted by molar-refractivity contribution is -0.140. The molecule has 6 heteroatoms. The first kappa shape index (κ1) is 15.9. The molecule has 0 aliphatic rings. The fourth-order valence-electron chi connectivity index (χ4n) is 1.95. The van der Waals surface area contributed by atoms with Crippen LogP contribution >= 0.6 is 0 Å². The summed E-state index contributed by atoms with van der Waals surface area (Å²) in [5.41, 5.74) is 0.772. The van der Waals surface area contributed by atoms with Crippen LogP contribution in [-0.2, 0) is 22.1 Å². The van der Waals surface area contributed by atoms with Gasteiger partial charge in [0.25, 0.3) is 0 Å². The van der Waals surface area contributed by atoms with Gasteiger partial charge >= 0.3 is 12.1 Å². The summed E-state index contributed by atoms with van der Waals surface area (Å²) in [6.45, 7) is 0. The number of carbonyl (C=O) groups excluding carboxylic acids is 1. The van der Waals surface area contributed by atoms with E-state index in [1.54, 1.807) is 24.3 Å². The molecule has 22 heavy (non-hydrogen) atoms. The second-order valence-electron chi connectivity index (χ2n) is 4.61. The van der Waals surface area contributed by atoms with Crippen molar-refractivity contribution in [1.29, 1.82) is 0 Å². The largest absolute Gasteiger partial charge is 0.469 e. The summed E-state index contributed by atoms with van der Waals surface area (Å²) < 4.78 is 42.8. The number of hydrogen-bond acceptors (Lipinski definition) is 3. The van der Waals surface area contributed by atoms with E-state index in [9.17, 15) is 18.0 Å². The molecule has 0 aliphatic heterocycles. The van der Waals surface area contributed by atoms with E-state index in [0.29, 0.717) is 16.9 Å². The lowest BCUT2D eigenvalue weighted by atomic mass is 10.1. The van der Waals surface area contributed by atoms with E-state index in [1.807, 2.05) is 0 Å². The van der Waals surface area contributed by atoms with Crippen LogP contribution < -0.4 is 5.32 Å². The van der Waals surface area contributed by atoms with Crippen LogP contribution in [0, 0.1) is 0 Å². The molecule has 0 saturated carbocycles. The fraction of sp³-hybridized carbons (Fsp3) is 0.188. The quantitative estimate of drug-likeness (QED) is 0.862. The fourth-order valence-corrected chi connectivity index (χ4v) is 1.95. The maximum absolute atomic E-state index is 12.7. The van der Waals surface area contributed by atoms with Crippen molar-refractivity contribution in [3.8, 4) is 0 Å². The zero-order valence-corrected chi connectivity index (χ0v) is 11.8. The summed E-state index contributed by atoms with van der Waals surface area (Å²) in [6, 6.07) is 11.8. The van der Waals surface area contributed by atoms with Gasteiger partial charge in [0.1, 0.15) is 0 Å². The summed E-state index contributed by atoms with van der Waals surface area (Å²) in [5, 5.41) is 2.91. The summed E-state index contributed by atoms with van der Waals surface area (Å²) >= 11 is 0. The van der Waals surface area contributed by atoms with Crippen LogP contribution in [0.25, 0.3) is 0 Å².